The molecule has 3 N–H and O–H groups in total. The number of ether oxygens (including phenoxy) is 1. The van der Waals surface area contributed by atoms with Crippen LogP contribution in [0, 0.1) is 12.7 Å². The fourth-order valence-electron chi connectivity index (χ4n) is 3.43. The summed E-state index contributed by atoms with van der Waals surface area (Å²) in [6.07, 6.45) is 2.12. The maximum absolute atomic E-state index is 13.2. The Kier molecular flexibility index (Phi) is 10.2. The summed E-state index contributed by atoms with van der Waals surface area (Å²) in [5.74, 6) is 0.380. The Bertz CT molecular complexity index is 901. The fourth-order valence-corrected chi connectivity index (χ4v) is 3.43. The molecule has 0 radical (unpaired) electrons. The van der Waals surface area contributed by atoms with Gasteiger partial charge in [0.25, 0.3) is 5.91 Å². The quantitative estimate of drug-likeness (QED) is 0.284. The molecule has 1 heterocycles. The summed E-state index contributed by atoms with van der Waals surface area (Å²) in [6, 6.07) is 12.6. The second kappa shape index (κ2) is 12.6. The lowest BCUT2D eigenvalue weighted by molar-refractivity contribution is -0.124. The fraction of sp³-hybridized carbons (Fsp3) is 0.391. The van der Waals surface area contributed by atoms with Crippen LogP contribution in [0.4, 0.5) is 10.1 Å². The number of halogens is 2. The van der Waals surface area contributed by atoms with E-state index in [0.717, 1.165) is 41.6 Å². The molecule has 168 valence electrons. The molecule has 0 aromatic heterocycles. The summed E-state index contributed by atoms with van der Waals surface area (Å²) in [7, 11) is 1.72. The monoisotopic (exact) mass is 540 g/mol. The van der Waals surface area contributed by atoms with E-state index in [-0.39, 0.29) is 41.8 Å². The van der Waals surface area contributed by atoms with Gasteiger partial charge in [0.1, 0.15) is 11.9 Å². The molecule has 0 saturated carbocycles. The van der Waals surface area contributed by atoms with E-state index in [9.17, 15) is 9.18 Å². The van der Waals surface area contributed by atoms with E-state index in [4.69, 9.17) is 4.74 Å². The normalized spacial score (nSPS) is 15.8. The van der Waals surface area contributed by atoms with Gasteiger partial charge in [0.15, 0.2) is 5.96 Å². The number of anilines is 1. The van der Waals surface area contributed by atoms with Gasteiger partial charge in [-0.25, -0.2) is 4.39 Å². The number of hydrogen-bond acceptors (Lipinski definition) is 3. The Morgan fingerprint density at radius 2 is 2.06 bits per heavy atom. The molecule has 1 atom stereocenters. The summed E-state index contributed by atoms with van der Waals surface area (Å²) in [4.78, 5) is 16.5. The maximum Gasteiger partial charge on any atom is 0.253 e. The van der Waals surface area contributed by atoms with Crippen molar-refractivity contribution in [1.82, 2.24) is 10.6 Å². The molecule has 2 aromatic carbocycles. The highest BCUT2D eigenvalue weighted by Gasteiger charge is 2.23. The van der Waals surface area contributed by atoms with Crippen molar-refractivity contribution in [1.29, 1.82) is 0 Å². The van der Waals surface area contributed by atoms with Gasteiger partial charge in [-0.3, -0.25) is 9.79 Å². The van der Waals surface area contributed by atoms with Gasteiger partial charge in [0.2, 0.25) is 0 Å². The third kappa shape index (κ3) is 7.77. The van der Waals surface area contributed by atoms with Gasteiger partial charge in [0, 0.05) is 32.4 Å². The second-order valence-corrected chi connectivity index (χ2v) is 7.36. The van der Waals surface area contributed by atoms with E-state index in [0.29, 0.717) is 25.7 Å². The molecule has 3 rings (SSSR count). The molecule has 1 amide bonds. The Morgan fingerprint density at radius 1 is 1.23 bits per heavy atom. The van der Waals surface area contributed by atoms with Crippen molar-refractivity contribution >= 4 is 41.5 Å². The largest absolute Gasteiger partial charge is 0.368 e. The molecule has 1 saturated heterocycles. The first-order valence-corrected chi connectivity index (χ1v) is 10.3. The van der Waals surface area contributed by atoms with E-state index < -0.39 is 0 Å². The van der Waals surface area contributed by atoms with Gasteiger partial charge < -0.3 is 20.7 Å². The highest BCUT2D eigenvalue weighted by Crippen LogP contribution is 2.16. The molecule has 1 aliphatic heterocycles. The Morgan fingerprint density at radius 3 is 2.77 bits per heavy atom. The zero-order valence-electron chi connectivity index (χ0n) is 17.9. The number of carbonyl (C=O) groups is 1. The summed E-state index contributed by atoms with van der Waals surface area (Å²) in [5.41, 5.74) is 3.83. The lowest BCUT2D eigenvalue weighted by Crippen LogP contribution is -2.37. The third-order valence-electron chi connectivity index (χ3n) is 5.09. The maximum atomic E-state index is 13.2. The van der Waals surface area contributed by atoms with Crippen LogP contribution in [0.15, 0.2) is 47.5 Å². The number of aryl methyl sites for hydroxylation is 1. The molecule has 31 heavy (non-hydrogen) atoms. The smallest absolute Gasteiger partial charge is 0.253 e. The predicted molar refractivity (Wildman–Crippen MR) is 133 cm³/mol. The van der Waals surface area contributed by atoms with E-state index in [1.807, 2.05) is 37.3 Å². The van der Waals surface area contributed by atoms with E-state index in [2.05, 4.69) is 20.9 Å². The topological polar surface area (TPSA) is 74.8 Å². The van der Waals surface area contributed by atoms with Crippen molar-refractivity contribution in [2.75, 3.05) is 25.5 Å². The zero-order valence-corrected chi connectivity index (χ0v) is 20.2. The van der Waals surface area contributed by atoms with Crippen LogP contribution in [0.3, 0.4) is 0 Å². The van der Waals surface area contributed by atoms with Crippen LogP contribution in [-0.2, 0) is 22.5 Å². The molecule has 0 bridgehead atoms. The van der Waals surface area contributed by atoms with Crippen LogP contribution >= 0.6 is 24.0 Å². The predicted octanol–water partition coefficient (Wildman–Crippen LogP) is 3.78. The number of aliphatic imine (C=N–C) groups is 1. The lowest BCUT2D eigenvalue weighted by Gasteiger charge is -2.14. The summed E-state index contributed by atoms with van der Waals surface area (Å²) < 4.78 is 18.6. The number of rotatable bonds is 7. The lowest BCUT2D eigenvalue weighted by atomic mass is 10.1. The second-order valence-electron chi connectivity index (χ2n) is 7.36. The summed E-state index contributed by atoms with van der Waals surface area (Å²) in [5, 5.41) is 9.47. The van der Waals surface area contributed by atoms with Crippen LogP contribution in [0.1, 0.15) is 29.5 Å². The number of guanidine groups is 1. The molecule has 0 aliphatic carbocycles. The zero-order chi connectivity index (χ0) is 21.3. The van der Waals surface area contributed by atoms with Crippen LogP contribution < -0.4 is 16.0 Å². The third-order valence-corrected chi connectivity index (χ3v) is 5.09. The summed E-state index contributed by atoms with van der Waals surface area (Å²) in [6.45, 7) is 3.81. The van der Waals surface area contributed by atoms with Crippen LogP contribution in [0.2, 0.25) is 0 Å². The van der Waals surface area contributed by atoms with Crippen molar-refractivity contribution in [3.05, 3.63) is 65.0 Å². The van der Waals surface area contributed by atoms with E-state index in [1.165, 1.54) is 6.07 Å². The van der Waals surface area contributed by atoms with Gasteiger partial charge in [-0.1, -0.05) is 18.2 Å². The Hall–Kier alpha value is -2.20. The van der Waals surface area contributed by atoms with E-state index >= 15 is 0 Å². The molecule has 1 unspecified atom stereocenters. The Labute approximate surface area is 200 Å². The van der Waals surface area contributed by atoms with Crippen molar-refractivity contribution in [3.63, 3.8) is 0 Å². The van der Waals surface area contributed by atoms with Crippen molar-refractivity contribution in [2.24, 2.45) is 4.99 Å². The SMILES string of the molecule is CN=C(NCCc1ccc(F)cc1C)NCc1cccc(NC(=O)C2CCCO2)c1.I. The molecule has 1 fully saturated rings. The standard InChI is InChI=1S/C23H29FN4O2.HI/c1-16-13-19(24)9-8-18(16)10-11-26-23(25-2)27-15-17-5-3-6-20(14-17)28-22(29)21-7-4-12-30-21;/h3,5-6,8-9,13-14,21H,4,7,10-12,15H2,1-2H3,(H,28,29)(H2,25,26,27);1H. The molecule has 8 heteroatoms. The van der Waals surface area contributed by atoms with Gasteiger partial charge in [-0.15, -0.1) is 24.0 Å². The highest BCUT2D eigenvalue weighted by molar-refractivity contribution is 14.0. The van der Waals surface area contributed by atoms with E-state index in [1.54, 1.807) is 13.1 Å². The molecule has 1 aliphatic rings. The number of nitrogens with zero attached hydrogens (tertiary/aromatic N) is 1. The van der Waals surface area contributed by atoms with Gasteiger partial charge >= 0.3 is 0 Å². The first-order valence-electron chi connectivity index (χ1n) is 10.3. The molecule has 2 aromatic rings. The van der Waals surface area contributed by atoms with Crippen LogP contribution in [-0.4, -0.2) is 38.2 Å². The number of benzene rings is 2. The minimum atomic E-state index is -0.348. The van der Waals surface area contributed by atoms with Crippen molar-refractivity contribution < 1.29 is 13.9 Å². The number of carbonyl (C=O) groups excluding carboxylic acids is 1. The Balaban J connectivity index is 0.00000341. The van der Waals surface area contributed by atoms with Crippen LogP contribution in [0.25, 0.3) is 0 Å². The number of hydrogen-bond donors (Lipinski definition) is 3. The average Bonchev–Trinajstić information content (AvgIpc) is 3.27. The van der Waals surface area contributed by atoms with Crippen molar-refractivity contribution in [3.8, 4) is 0 Å². The highest BCUT2D eigenvalue weighted by atomic mass is 127. The van der Waals surface area contributed by atoms with Gasteiger partial charge in [-0.05, 0) is 67.1 Å². The first kappa shape index (κ1) is 25.1. The molecular formula is C23H30FIN4O2. The average molecular weight is 540 g/mol. The van der Waals surface area contributed by atoms with Gasteiger partial charge in [0.05, 0.1) is 0 Å². The molecule has 6 nitrogen and oxygen atoms in total. The minimum Gasteiger partial charge on any atom is -0.368 e. The van der Waals surface area contributed by atoms with Crippen LogP contribution in [0.5, 0.6) is 0 Å². The number of nitrogens with one attached hydrogen (secondary N) is 3. The molecule has 0 spiro atoms. The summed E-state index contributed by atoms with van der Waals surface area (Å²) >= 11 is 0. The number of amides is 1. The first-order chi connectivity index (χ1) is 14.5. The van der Waals surface area contributed by atoms with Gasteiger partial charge in [-0.2, -0.15) is 0 Å². The minimum absolute atomic E-state index is 0. The molecular weight excluding hydrogens is 510 g/mol. The van der Waals surface area contributed by atoms with Crippen molar-refractivity contribution in [2.45, 2.75) is 38.8 Å².